The van der Waals surface area contributed by atoms with Crippen LogP contribution in [0.2, 0.25) is 0 Å². The first kappa shape index (κ1) is 13.1. The normalized spacial score (nSPS) is 57.9. The van der Waals surface area contributed by atoms with Crippen LogP contribution in [0.4, 0.5) is 0 Å². The molecule has 5 aliphatic rings. The quantitative estimate of drug-likeness (QED) is 0.523. The van der Waals surface area contributed by atoms with Crippen molar-refractivity contribution in [3.63, 3.8) is 0 Å². The van der Waals surface area contributed by atoms with Gasteiger partial charge in [0.2, 0.25) is 6.29 Å². The van der Waals surface area contributed by atoms with Crippen molar-refractivity contribution in [2.24, 2.45) is 16.7 Å². The van der Waals surface area contributed by atoms with Crippen LogP contribution in [0, 0.1) is 16.7 Å². The van der Waals surface area contributed by atoms with Crippen molar-refractivity contribution >= 4 is 11.9 Å². The minimum atomic E-state index is -1.32. The van der Waals surface area contributed by atoms with Crippen LogP contribution in [-0.4, -0.2) is 41.1 Å². The summed E-state index contributed by atoms with van der Waals surface area (Å²) in [6.45, 7) is 4.03. The van der Waals surface area contributed by atoms with Crippen molar-refractivity contribution in [3.8, 4) is 0 Å². The lowest BCUT2D eigenvalue weighted by molar-refractivity contribution is -0.179. The zero-order valence-electron chi connectivity index (χ0n) is 12.5. The van der Waals surface area contributed by atoms with Gasteiger partial charge in [-0.15, -0.1) is 0 Å². The molecule has 0 bridgehead atoms. The third-order valence-corrected chi connectivity index (χ3v) is 6.68. The first-order valence-electron chi connectivity index (χ1n) is 7.84. The zero-order valence-corrected chi connectivity index (χ0v) is 12.5. The SMILES string of the molecule is C[C@@]12CCC[C@]3(C)C4=CC(=O)O[C@H](O)[C@]45O[C@@H]5[C@@H](OC1=O)[C@@H]23. The number of hydrogen-bond donors (Lipinski definition) is 1. The maximum absolute atomic E-state index is 12.5. The second kappa shape index (κ2) is 3.41. The van der Waals surface area contributed by atoms with Gasteiger partial charge in [-0.1, -0.05) is 13.3 Å². The molecule has 1 N–H and O–H groups in total. The van der Waals surface area contributed by atoms with Gasteiger partial charge in [-0.05, 0) is 30.8 Å². The molecule has 6 heteroatoms. The standard InChI is InChI=1S/C16H18O6/c1-14-4-3-5-15(2)10(14)9(21-12(15)18)11-16(22-11)7(14)6-8(17)20-13(16)19/h6,9-11,13,19H,3-5H2,1-2H3/t9-,10+,11+,13-,14+,15-,16-/m0/s1. The minimum absolute atomic E-state index is 0.0220. The highest BCUT2D eigenvalue weighted by molar-refractivity contribution is 5.87. The van der Waals surface area contributed by atoms with Crippen molar-refractivity contribution in [1.29, 1.82) is 0 Å². The summed E-state index contributed by atoms with van der Waals surface area (Å²) in [6.07, 6.45) is 1.89. The summed E-state index contributed by atoms with van der Waals surface area (Å²) in [5, 5.41) is 10.3. The first-order chi connectivity index (χ1) is 10.3. The summed E-state index contributed by atoms with van der Waals surface area (Å²) < 4.78 is 16.5. The molecule has 1 spiro atoms. The van der Waals surface area contributed by atoms with Crippen molar-refractivity contribution in [3.05, 3.63) is 11.6 Å². The Bertz CT molecular complexity index is 655. The molecule has 2 aliphatic carbocycles. The number of carbonyl (C=O) groups is 2. The van der Waals surface area contributed by atoms with Crippen molar-refractivity contribution in [1.82, 2.24) is 0 Å². The summed E-state index contributed by atoms with van der Waals surface area (Å²) in [4.78, 5) is 24.3. The number of fused-ring (bicyclic) bond motifs is 2. The van der Waals surface area contributed by atoms with E-state index in [-0.39, 0.29) is 18.0 Å². The summed E-state index contributed by atoms with van der Waals surface area (Å²) >= 11 is 0. The fraction of sp³-hybridized carbons (Fsp3) is 0.750. The number of epoxide rings is 1. The molecule has 0 radical (unpaired) electrons. The molecule has 118 valence electrons. The fourth-order valence-electron chi connectivity index (χ4n) is 5.77. The number of rotatable bonds is 0. The van der Waals surface area contributed by atoms with Crippen LogP contribution in [0.15, 0.2) is 11.6 Å². The topological polar surface area (TPSA) is 85.4 Å². The Morgan fingerprint density at radius 2 is 1.91 bits per heavy atom. The van der Waals surface area contributed by atoms with Crippen LogP contribution < -0.4 is 0 Å². The first-order valence-corrected chi connectivity index (χ1v) is 7.84. The van der Waals surface area contributed by atoms with Gasteiger partial charge in [-0.3, -0.25) is 4.79 Å². The number of aliphatic hydroxyl groups excluding tert-OH is 1. The van der Waals surface area contributed by atoms with E-state index in [4.69, 9.17) is 14.2 Å². The predicted molar refractivity (Wildman–Crippen MR) is 71.2 cm³/mol. The Hall–Kier alpha value is -1.40. The molecule has 3 heterocycles. The minimum Gasteiger partial charge on any atom is -0.459 e. The lowest BCUT2D eigenvalue weighted by Gasteiger charge is -2.53. The Balaban J connectivity index is 1.75. The largest absolute Gasteiger partial charge is 0.459 e. The highest BCUT2D eigenvalue weighted by Crippen LogP contribution is 2.72. The molecule has 0 aromatic carbocycles. The van der Waals surface area contributed by atoms with E-state index in [1.807, 2.05) is 6.92 Å². The molecule has 0 unspecified atom stereocenters. The van der Waals surface area contributed by atoms with Gasteiger partial charge in [-0.25, -0.2) is 4.79 Å². The average Bonchev–Trinajstić information content (AvgIpc) is 3.11. The molecule has 2 saturated heterocycles. The van der Waals surface area contributed by atoms with Gasteiger partial charge in [0.15, 0.2) is 5.60 Å². The summed E-state index contributed by atoms with van der Waals surface area (Å²) in [5.74, 6) is -0.745. The van der Waals surface area contributed by atoms with Gasteiger partial charge in [0.05, 0.1) is 5.41 Å². The molecule has 6 nitrogen and oxygen atoms in total. The highest BCUT2D eigenvalue weighted by Gasteiger charge is 2.83. The van der Waals surface area contributed by atoms with Crippen molar-refractivity contribution in [2.45, 2.75) is 57.2 Å². The number of carbonyl (C=O) groups excluding carboxylic acids is 2. The second-order valence-electron chi connectivity index (χ2n) is 7.71. The number of aliphatic hydroxyl groups is 1. The zero-order chi connectivity index (χ0) is 15.5. The summed E-state index contributed by atoms with van der Waals surface area (Å²) in [5.41, 5.74) is -1.15. The average molecular weight is 306 g/mol. The maximum atomic E-state index is 12.5. The third-order valence-electron chi connectivity index (χ3n) is 6.68. The van der Waals surface area contributed by atoms with Crippen molar-refractivity contribution < 1.29 is 28.9 Å². The molecule has 7 atom stereocenters. The highest BCUT2D eigenvalue weighted by atomic mass is 16.7. The van der Waals surface area contributed by atoms with E-state index in [0.29, 0.717) is 0 Å². The molecule has 2 saturated carbocycles. The van der Waals surface area contributed by atoms with E-state index in [1.54, 1.807) is 0 Å². The molecule has 4 fully saturated rings. The van der Waals surface area contributed by atoms with Crippen molar-refractivity contribution in [2.75, 3.05) is 0 Å². The van der Waals surface area contributed by atoms with Gasteiger partial charge in [0.25, 0.3) is 0 Å². The summed E-state index contributed by atoms with van der Waals surface area (Å²) in [7, 11) is 0. The predicted octanol–water partition coefficient (Wildman–Crippen LogP) is 0.677. The van der Waals surface area contributed by atoms with Gasteiger partial charge < -0.3 is 19.3 Å². The third kappa shape index (κ3) is 1.12. The van der Waals surface area contributed by atoms with Crippen LogP contribution in [0.25, 0.3) is 0 Å². The number of cyclic esters (lactones) is 1. The van der Waals surface area contributed by atoms with Crippen LogP contribution in [0.1, 0.15) is 33.1 Å². The van der Waals surface area contributed by atoms with E-state index < -0.39 is 34.8 Å². The fourth-order valence-corrected chi connectivity index (χ4v) is 5.77. The smallest absolute Gasteiger partial charge is 0.333 e. The number of esters is 2. The Kier molecular flexibility index (Phi) is 2.03. The monoisotopic (exact) mass is 306 g/mol. The number of hydrogen-bond acceptors (Lipinski definition) is 6. The maximum Gasteiger partial charge on any atom is 0.333 e. The van der Waals surface area contributed by atoms with Crippen LogP contribution in [0.3, 0.4) is 0 Å². The lowest BCUT2D eigenvalue weighted by Crippen LogP contribution is -2.59. The van der Waals surface area contributed by atoms with Crippen LogP contribution in [-0.2, 0) is 23.8 Å². The molecule has 0 aromatic heterocycles. The lowest BCUT2D eigenvalue weighted by atomic mass is 9.48. The van der Waals surface area contributed by atoms with Gasteiger partial charge in [0, 0.05) is 12.0 Å². The Morgan fingerprint density at radius 1 is 1.18 bits per heavy atom. The van der Waals surface area contributed by atoms with Gasteiger partial charge in [-0.2, -0.15) is 0 Å². The molecule has 0 amide bonds. The van der Waals surface area contributed by atoms with E-state index in [1.165, 1.54) is 6.08 Å². The molecular formula is C16H18O6. The van der Waals surface area contributed by atoms with E-state index in [9.17, 15) is 14.7 Å². The molecule has 5 rings (SSSR count). The van der Waals surface area contributed by atoms with Gasteiger partial charge in [0.1, 0.15) is 12.2 Å². The summed E-state index contributed by atoms with van der Waals surface area (Å²) in [6, 6.07) is 0. The van der Waals surface area contributed by atoms with E-state index in [0.717, 1.165) is 24.8 Å². The number of ether oxygens (including phenoxy) is 3. The van der Waals surface area contributed by atoms with Crippen LogP contribution >= 0.6 is 0 Å². The Labute approximate surface area is 127 Å². The van der Waals surface area contributed by atoms with E-state index in [2.05, 4.69) is 6.92 Å². The van der Waals surface area contributed by atoms with Crippen LogP contribution in [0.5, 0.6) is 0 Å². The molecular weight excluding hydrogens is 288 g/mol. The molecule has 22 heavy (non-hydrogen) atoms. The Morgan fingerprint density at radius 3 is 2.68 bits per heavy atom. The molecule has 0 aromatic rings. The van der Waals surface area contributed by atoms with E-state index >= 15 is 0 Å². The second-order valence-corrected chi connectivity index (χ2v) is 7.71. The molecule has 3 aliphatic heterocycles. The van der Waals surface area contributed by atoms with Gasteiger partial charge >= 0.3 is 11.9 Å².